The van der Waals surface area contributed by atoms with Crippen LogP contribution in [-0.2, 0) is 14.8 Å². The van der Waals surface area contributed by atoms with Crippen LogP contribution < -0.4 is 5.32 Å². The van der Waals surface area contributed by atoms with Gasteiger partial charge >= 0.3 is 5.97 Å². The average molecular weight is 397 g/mol. The lowest BCUT2D eigenvalue weighted by atomic mass is 9.94. The fourth-order valence-corrected chi connectivity index (χ4v) is 4.68. The van der Waals surface area contributed by atoms with E-state index in [1.54, 1.807) is 13.8 Å². The number of hydrogen-bond donors (Lipinski definition) is 2. The highest BCUT2D eigenvalue weighted by atomic mass is 32.2. The van der Waals surface area contributed by atoms with Crippen molar-refractivity contribution in [2.45, 2.75) is 62.9 Å². The fraction of sp³-hybridized carbons (Fsp3) is 0.579. The minimum Gasteiger partial charge on any atom is -0.481 e. The number of carboxylic acids is 1. The van der Waals surface area contributed by atoms with E-state index in [-0.39, 0.29) is 16.5 Å². The summed E-state index contributed by atoms with van der Waals surface area (Å²) in [7, 11) is -2.20. The number of carbonyl (C=O) groups excluding carboxylic acids is 1. The number of hydrogen-bond acceptors (Lipinski definition) is 4. The Bertz CT molecular complexity index is 791. The summed E-state index contributed by atoms with van der Waals surface area (Å²) in [6.45, 7) is 3.54. The van der Waals surface area contributed by atoms with Crippen molar-refractivity contribution in [3.8, 4) is 0 Å². The first-order chi connectivity index (χ1) is 12.6. The highest BCUT2D eigenvalue weighted by Crippen LogP contribution is 2.24. The molecule has 0 heterocycles. The van der Waals surface area contributed by atoms with Crippen LogP contribution in [-0.4, -0.2) is 48.8 Å². The van der Waals surface area contributed by atoms with Gasteiger partial charge in [0, 0.05) is 24.7 Å². The number of benzene rings is 1. The molecule has 1 saturated carbocycles. The van der Waals surface area contributed by atoms with Crippen LogP contribution in [0.2, 0.25) is 0 Å². The smallest absolute Gasteiger partial charge is 0.308 e. The lowest BCUT2D eigenvalue weighted by molar-refractivity contribution is -0.142. The van der Waals surface area contributed by atoms with Crippen molar-refractivity contribution in [2.24, 2.45) is 5.92 Å². The van der Waals surface area contributed by atoms with E-state index in [2.05, 4.69) is 5.32 Å². The number of nitrogens with one attached hydrogen (secondary N) is 1. The van der Waals surface area contributed by atoms with E-state index in [0.29, 0.717) is 12.8 Å². The monoisotopic (exact) mass is 396 g/mol. The van der Waals surface area contributed by atoms with Gasteiger partial charge in [-0.2, -0.15) is 4.31 Å². The third-order valence-electron chi connectivity index (χ3n) is 5.15. The number of amides is 1. The van der Waals surface area contributed by atoms with Gasteiger partial charge in [0.15, 0.2) is 0 Å². The van der Waals surface area contributed by atoms with Gasteiger partial charge in [-0.05, 0) is 44.9 Å². The summed E-state index contributed by atoms with van der Waals surface area (Å²) < 4.78 is 26.5. The summed E-state index contributed by atoms with van der Waals surface area (Å²) in [6, 6.07) is 5.20. The van der Waals surface area contributed by atoms with Crippen LogP contribution in [0.3, 0.4) is 0 Å². The maximum Gasteiger partial charge on any atom is 0.308 e. The minimum absolute atomic E-state index is 0.0435. The van der Waals surface area contributed by atoms with Crippen LogP contribution >= 0.6 is 0 Å². The van der Waals surface area contributed by atoms with Crippen molar-refractivity contribution in [3.63, 3.8) is 0 Å². The number of carboxylic acid groups (broad SMARTS) is 1. The molecule has 1 aromatic carbocycles. The molecule has 1 aromatic rings. The molecule has 1 aliphatic carbocycles. The molecule has 2 rings (SSSR count). The Balaban J connectivity index is 2.23. The molecule has 0 unspecified atom stereocenters. The lowest BCUT2D eigenvalue weighted by Gasteiger charge is -2.23. The van der Waals surface area contributed by atoms with Gasteiger partial charge in [-0.1, -0.05) is 25.3 Å². The average Bonchev–Trinajstić information content (AvgIpc) is 2.86. The molecule has 0 aliphatic heterocycles. The quantitative estimate of drug-likeness (QED) is 0.719. The molecule has 7 nitrogen and oxygen atoms in total. The van der Waals surface area contributed by atoms with Gasteiger partial charge in [0.1, 0.15) is 0 Å². The molecule has 0 saturated heterocycles. The van der Waals surface area contributed by atoms with Gasteiger partial charge in [-0.15, -0.1) is 0 Å². The molecule has 1 aliphatic rings. The first kappa shape index (κ1) is 21.4. The normalized spacial score (nSPS) is 21.1. The van der Waals surface area contributed by atoms with Crippen molar-refractivity contribution in [3.05, 3.63) is 29.8 Å². The van der Waals surface area contributed by atoms with Crippen LogP contribution in [0, 0.1) is 5.92 Å². The number of aliphatic carboxylic acids is 1. The van der Waals surface area contributed by atoms with Gasteiger partial charge < -0.3 is 10.4 Å². The van der Waals surface area contributed by atoms with Crippen LogP contribution in [0.5, 0.6) is 0 Å². The third kappa shape index (κ3) is 5.07. The molecule has 1 fully saturated rings. The molecule has 2 N–H and O–H groups in total. The van der Waals surface area contributed by atoms with Gasteiger partial charge in [-0.25, -0.2) is 8.42 Å². The molecule has 0 aromatic heterocycles. The van der Waals surface area contributed by atoms with Gasteiger partial charge in [0.05, 0.1) is 10.8 Å². The third-order valence-corrected chi connectivity index (χ3v) is 7.18. The zero-order valence-corrected chi connectivity index (χ0v) is 16.8. The Morgan fingerprint density at radius 1 is 1.19 bits per heavy atom. The Morgan fingerprint density at radius 2 is 1.85 bits per heavy atom. The molecule has 8 heteroatoms. The molecular weight excluding hydrogens is 368 g/mol. The molecule has 0 spiro atoms. The van der Waals surface area contributed by atoms with E-state index in [0.717, 1.165) is 19.3 Å². The molecule has 1 amide bonds. The number of carbonyl (C=O) groups is 2. The number of nitrogens with zero attached hydrogens (tertiary/aromatic N) is 1. The lowest BCUT2D eigenvalue weighted by Crippen LogP contribution is -2.42. The maximum absolute atomic E-state index is 12.7. The summed E-state index contributed by atoms with van der Waals surface area (Å²) in [5, 5.41) is 12.3. The second-order valence-corrected chi connectivity index (χ2v) is 9.30. The zero-order chi connectivity index (χ0) is 20.2. The van der Waals surface area contributed by atoms with Gasteiger partial charge in [0.2, 0.25) is 10.0 Å². The maximum atomic E-state index is 12.7. The van der Waals surface area contributed by atoms with E-state index in [9.17, 15) is 23.1 Å². The zero-order valence-electron chi connectivity index (χ0n) is 16.0. The Morgan fingerprint density at radius 3 is 2.48 bits per heavy atom. The van der Waals surface area contributed by atoms with Gasteiger partial charge in [0.25, 0.3) is 5.91 Å². The summed E-state index contributed by atoms with van der Waals surface area (Å²) in [5.74, 6) is -1.97. The standard InChI is InChI=1S/C19H28N2O5S/c1-13(2)21(3)27(25,26)15-9-7-8-14(12-15)18(22)20-17-11-6-4-5-10-16(17)19(23)24/h7-9,12-13,16-17H,4-6,10-11H2,1-3H3,(H,20,22)(H,23,24)/t16-,17+/m1/s1. The highest BCUT2D eigenvalue weighted by molar-refractivity contribution is 7.89. The predicted octanol–water partition coefficient (Wildman–Crippen LogP) is 2.48. The van der Waals surface area contributed by atoms with Crippen LogP contribution in [0.1, 0.15) is 56.3 Å². The summed E-state index contributed by atoms with van der Waals surface area (Å²) in [5.41, 5.74) is 0.210. The van der Waals surface area contributed by atoms with Crippen molar-refractivity contribution in [1.82, 2.24) is 9.62 Å². The van der Waals surface area contributed by atoms with E-state index in [1.807, 2.05) is 0 Å². The summed E-state index contributed by atoms with van der Waals surface area (Å²) in [6.07, 6.45) is 3.79. The van der Waals surface area contributed by atoms with Crippen LogP contribution in [0.15, 0.2) is 29.2 Å². The highest BCUT2D eigenvalue weighted by Gasteiger charge is 2.31. The van der Waals surface area contributed by atoms with Crippen molar-refractivity contribution >= 4 is 21.9 Å². The number of rotatable bonds is 6. The Kier molecular flexibility index (Phi) is 7.00. The van der Waals surface area contributed by atoms with Gasteiger partial charge in [-0.3, -0.25) is 9.59 Å². The Hall–Kier alpha value is -1.93. The van der Waals surface area contributed by atoms with E-state index < -0.39 is 33.9 Å². The number of sulfonamides is 1. The topological polar surface area (TPSA) is 104 Å². The van der Waals surface area contributed by atoms with Crippen molar-refractivity contribution in [2.75, 3.05) is 7.05 Å². The molecule has 0 bridgehead atoms. The second-order valence-electron chi connectivity index (χ2n) is 7.31. The first-order valence-electron chi connectivity index (χ1n) is 9.26. The summed E-state index contributed by atoms with van der Waals surface area (Å²) in [4.78, 5) is 24.2. The van der Waals surface area contributed by atoms with Crippen LogP contribution in [0.4, 0.5) is 0 Å². The van der Waals surface area contributed by atoms with E-state index in [1.165, 1.54) is 35.6 Å². The van der Waals surface area contributed by atoms with Crippen LogP contribution in [0.25, 0.3) is 0 Å². The predicted molar refractivity (Wildman–Crippen MR) is 102 cm³/mol. The fourth-order valence-electron chi connectivity index (χ4n) is 3.27. The van der Waals surface area contributed by atoms with Crippen molar-refractivity contribution < 1.29 is 23.1 Å². The molecule has 0 radical (unpaired) electrons. The largest absolute Gasteiger partial charge is 0.481 e. The van der Waals surface area contributed by atoms with Crippen molar-refractivity contribution in [1.29, 1.82) is 0 Å². The van der Waals surface area contributed by atoms with E-state index in [4.69, 9.17) is 0 Å². The second kappa shape index (κ2) is 8.84. The molecule has 2 atom stereocenters. The SMILES string of the molecule is CC(C)N(C)S(=O)(=O)c1cccc(C(=O)N[C@H]2CCCCC[C@H]2C(=O)O)c1. The molecule has 27 heavy (non-hydrogen) atoms. The Labute approximate surface area is 160 Å². The minimum atomic E-state index is -3.70. The van der Waals surface area contributed by atoms with E-state index >= 15 is 0 Å². The summed E-state index contributed by atoms with van der Waals surface area (Å²) >= 11 is 0. The molecular formula is C19H28N2O5S. The first-order valence-corrected chi connectivity index (χ1v) is 10.7. The molecule has 150 valence electrons.